The zero-order valence-corrected chi connectivity index (χ0v) is 17.8. The summed E-state index contributed by atoms with van der Waals surface area (Å²) in [4.78, 5) is 11.9. The summed E-state index contributed by atoms with van der Waals surface area (Å²) in [5.41, 5.74) is 1.85. The van der Waals surface area contributed by atoms with Crippen LogP contribution in [0.1, 0.15) is 25.0 Å². The van der Waals surface area contributed by atoms with Gasteiger partial charge >= 0.3 is 5.97 Å². The number of carbonyl (C=O) groups is 1. The SMILES string of the molecule is CS[C@@H]1OC(C)[C@H](OCc2ccccc2)C(OC(C)=O)C1OCc1ccccc1. The van der Waals surface area contributed by atoms with Crippen molar-refractivity contribution in [1.82, 2.24) is 0 Å². The van der Waals surface area contributed by atoms with Gasteiger partial charge in [0.1, 0.15) is 17.6 Å². The molecule has 6 heteroatoms. The third kappa shape index (κ3) is 6.06. The summed E-state index contributed by atoms with van der Waals surface area (Å²) in [7, 11) is 0. The van der Waals surface area contributed by atoms with E-state index in [2.05, 4.69) is 0 Å². The number of ether oxygens (including phenoxy) is 4. The van der Waals surface area contributed by atoms with Crippen LogP contribution in [0.4, 0.5) is 0 Å². The average Bonchev–Trinajstić information content (AvgIpc) is 2.73. The number of carbonyl (C=O) groups excluding carboxylic acids is 1. The Bertz CT molecular complexity index is 754. The molecule has 0 aromatic heterocycles. The van der Waals surface area contributed by atoms with Crippen molar-refractivity contribution in [3.63, 3.8) is 0 Å². The molecule has 1 fully saturated rings. The van der Waals surface area contributed by atoms with Gasteiger partial charge in [0, 0.05) is 6.92 Å². The summed E-state index contributed by atoms with van der Waals surface area (Å²) in [5, 5.41) is 0. The molecular weight excluding hydrogens is 388 g/mol. The first-order valence-corrected chi connectivity index (χ1v) is 11.0. The molecule has 0 aliphatic carbocycles. The van der Waals surface area contributed by atoms with Crippen LogP contribution in [-0.2, 0) is 37.0 Å². The highest BCUT2D eigenvalue weighted by atomic mass is 32.2. The Kier molecular flexibility index (Phi) is 8.12. The minimum atomic E-state index is -0.555. The van der Waals surface area contributed by atoms with Gasteiger partial charge in [0.25, 0.3) is 0 Å². The molecule has 1 aliphatic heterocycles. The highest BCUT2D eigenvalue weighted by molar-refractivity contribution is 7.99. The van der Waals surface area contributed by atoms with Crippen molar-refractivity contribution in [2.75, 3.05) is 6.26 Å². The van der Waals surface area contributed by atoms with E-state index in [9.17, 15) is 4.79 Å². The molecule has 156 valence electrons. The molecule has 0 saturated carbocycles. The minimum Gasteiger partial charge on any atom is -0.457 e. The van der Waals surface area contributed by atoms with Crippen LogP contribution in [0.25, 0.3) is 0 Å². The molecule has 2 aromatic carbocycles. The van der Waals surface area contributed by atoms with Crippen molar-refractivity contribution in [2.45, 2.75) is 56.9 Å². The number of benzene rings is 2. The first-order valence-electron chi connectivity index (χ1n) is 9.75. The second kappa shape index (κ2) is 10.8. The summed E-state index contributed by atoms with van der Waals surface area (Å²) in [6.45, 7) is 4.18. The fraction of sp³-hybridized carbons (Fsp3) is 0.435. The molecule has 1 aliphatic rings. The van der Waals surface area contributed by atoms with Gasteiger partial charge in [-0.15, -0.1) is 11.8 Å². The van der Waals surface area contributed by atoms with Crippen LogP contribution in [0.15, 0.2) is 60.7 Å². The zero-order valence-electron chi connectivity index (χ0n) is 17.0. The lowest BCUT2D eigenvalue weighted by atomic mass is 9.99. The number of esters is 1. The quantitative estimate of drug-likeness (QED) is 0.601. The van der Waals surface area contributed by atoms with Crippen molar-refractivity contribution in [3.8, 4) is 0 Å². The van der Waals surface area contributed by atoms with E-state index < -0.39 is 18.3 Å². The fourth-order valence-electron chi connectivity index (χ4n) is 3.43. The van der Waals surface area contributed by atoms with Crippen molar-refractivity contribution in [2.24, 2.45) is 0 Å². The maximum absolute atomic E-state index is 11.9. The Morgan fingerprint density at radius 3 is 1.90 bits per heavy atom. The Hall–Kier alpha value is -1.86. The predicted octanol–water partition coefficient (Wildman–Crippen LogP) is 4.20. The summed E-state index contributed by atoms with van der Waals surface area (Å²) in [6, 6.07) is 19.8. The number of thioether (sulfide) groups is 1. The van der Waals surface area contributed by atoms with Crippen LogP contribution in [0.3, 0.4) is 0 Å². The van der Waals surface area contributed by atoms with Gasteiger partial charge in [-0.2, -0.15) is 0 Å². The van der Waals surface area contributed by atoms with Gasteiger partial charge < -0.3 is 18.9 Å². The molecular formula is C23H28O5S. The zero-order chi connectivity index (χ0) is 20.6. The minimum absolute atomic E-state index is 0.239. The third-order valence-electron chi connectivity index (χ3n) is 4.83. The molecule has 0 radical (unpaired) electrons. The van der Waals surface area contributed by atoms with Crippen LogP contribution in [0.5, 0.6) is 0 Å². The number of rotatable bonds is 8. The molecule has 0 N–H and O–H groups in total. The summed E-state index contributed by atoms with van der Waals surface area (Å²) < 4.78 is 24.3. The molecule has 5 atom stereocenters. The van der Waals surface area contributed by atoms with E-state index in [0.29, 0.717) is 13.2 Å². The second-order valence-electron chi connectivity index (χ2n) is 7.04. The molecule has 29 heavy (non-hydrogen) atoms. The van der Waals surface area contributed by atoms with Gasteiger partial charge in [-0.25, -0.2) is 0 Å². The second-order valence-corrected chi connectivity index (χ2v) is 7.98. The molecule has 2 aromatic rings. The Morgan fingerprint density at radius 2 is 1.41 bits per heavy atom. The standard InChI is InChI=1S/C23H28O5S/c1-16-20(25-14-18-10-6-4-7-11-18)21(28-17(2)24)22(23(27-16)29-3)26-15-19-12-8-5-9-13-19/h4-13,16,20-23H,14-15H2,1-3H3/t16?,20-,21?,22?,23-/m0/s1. The molecule has 1 heterocycles. The maximum Gasteiger partial charge on any atom is 0.303 e. The van der Waals surface area contributed by atoms with E-state index in [0.717, 1.165) is 11.1 Å². The lowest BCUT2D eigenvalue weighted by Crippen LogP contribution is -2.58. The summed E-state index contributed by atoms with van der Waals surface area (Å²) in [6.07, 6.45) is 0.305. The normalized spacial score (nSPS) is 26.8. The molecule has 1 saturated heterocycles. The molecule has 3 unspecified atom stereocenters. The third-order valence-corrected chi connectivity index (χ3v) is 5.68. The maximum atomic E-state index is 11.9. The van der Waals surface area contributed by atoms with E-state index in [4.69, 9.17) is 18.9 Å². The average molecular weight is 417 g/mol. The van der Waals surface area contributed by atoms with Gasteiger partial charge in [0.15, 0.2) is 6.10 Å². The fourth-order valence-corrected chi connectivity index (χ4v) is 4.22. The summed E-state index contributed by atoms with van der Waals surface area (Å²) in [5.74, 6) is -0.356. The van der Waals surface area contributed by atoms with E-state index in [1.165, 1.54) is 6.92 Å². The summed E-state index contributed by atoms with van der Waals surface area (Å²) >= 11 is 1.55. The van der Waals surface area contributed by atoms with Gasteiger partial charge in [0.2, 0.25) is 0 Å². The van der Waals surface area contributed by atoms with Gasteiger partial charge in [-0.05, 0) is 24.3 Å². The van der Waals surface area contributed by atoms with Crippen LogP contribution in [0, 0.1) is 0 Å². The molecule has 3 rings (SSSR count). The Balaban J connectivity index is 1.76. The van der Waals surface area contributed by atoms with Crippen LogP contribution in [0.2, 0.25) is 0 Å². The van der Waals surface area contributed by atoms with Crippen molar-refractivity contribution >= 4 is 17.7 Å². The Labute approximate surface area is 176 Å². The smallest absolute Gasteiger partial charge is 0.303 e. The predicted molar refractivity (Wildman–Crippen MR) is 113 cm³/mol. The van der Waals surface area contributed by atoms with Crippen LogP contribution >= 0.6 is 11.8 Å². The van der Waals surface area contributed by atoms with E-state index >= 15 is 0 Å². The lowest BCUT2D eigenvalue weighted by molar-refractivity contribution is -0.236. The van der Waals surface area contributed by atoms with Crippen molar-refractivity contribution in [3.05, 3.63) is 71.8 Å². The van der Waals surface area contributed by atoms with Crippen LogP contribution in [-0.4, -0.2) is 42.1 Å². The number of hydrogen-bond acceptors (Lipinski definition) is 6. The molecule has 0 spiro atoms. The lowest BCUT2D eigenvalue weighted by Gasteiger charge is -2.44. The van der Waals surface area contributed by atoms with Crippen molar-refractivity contribution < 1.29 is 23.7 Å². The monoisotopic (exact) mass is 416 g/mol. The van der Waals surface area contributed by atoms with Gasteiger partial charge in [0.05, 0.1) is 19.3 Å². The highest BCUT2D eigenvalue weighted by Crippen LogP contribution is 2.33. The van der Waals surface area contributed by atoms with E-state index in [1.54, 1.807) is 11.8 Å². The van der Waals surface area contributed by atoms with E-state index in [1.807, 2.05) is 73.8 Å². The molecule has 0 amide bonds. The highest BCUT2D eigenvalue weighted by Gasteiger charge is 2.47. The van der Waals surface area contributed by atoms with E-state index in [-0.39, 0.29) is 17.5 Å². The van der Waals surface area contributed by atoms with Gasteiger partial charge in [-0.1, -0.05) is 60.7 Å². The topological polar surface area (TPSA) is 54.0 Å². The first-order chi connectivity index (χ1) is 14.1. The largest absolute Gasteiger partial charge is 0.457 e. The van der Waals surface area contributed by atoms with Crippen molar-refractivity contribution in [1.29, 1.82) is 0 Å². The number of hydrogen-bond donors (Lipinski definition) is 0. The van der Waals surface area contributed by atoms with Gasteiger partial charge in [-0.3, -0.25) is 4.79 Å². The Morgan fingerprint density at radius 1 is 0.897 bits per heavy atom. The first kappa shape index (κ1) is 21.8. The molecule has 5 nitrogen and oxygen atoms in total. The molecule has 0 bridgehead atoms. The van der Waals surface area contributed by atoms with Crippen LogP contribution < -0.4 is 0 Å².